The van der Waals surface area contributed by atoms with Crippen LogP contribution in [-0.2, 0) is 0 Å². The number of phenols is 1. The molecular formula is C16H11N3O2S. The van der Waals surface area contributed by atoms with E-state index >= 15 is 0 Å². The number of imidazole rings is 1. The second kappa shape index (κ2) is 4.57. The SMILES string of the molecule is NC(=O)c1cc(-c2cn3c(n2)sc2ccccc23)ccc1O. The molecule has 0 bridgehead atoms. The average Bonchev–Trinajstić information content (AvgIpc) is 3.05. The fourth-order valence-electron chi connectivity index (χ4n) is 2.48. The van der Waals surface area contributed by atoms with E-state index < -0.39 is 5.91 Å². The van der Waals surface area contributed by atoms with Crippen molar-refractivity contribution < 1.29 is 9.90 Å². The van der Waals surface area contributed by atoms with Crippen LogP contribution < -0.4 is 5.73 Å². The summed E-state index contributed by atoms with van der Waals surface area (Å²) < 4.78 is 3.19. The van der Waals surface area contributed by atoms with E-state index in [0.717, 1.165) is 21.7 Å². The van der Waals surface area contributed by atoms with Gasteiger partial charge in [-0.05, 0) is 30.3 Å². The maximum Gasteiger partial charge on any atom is 0.252 e. The van der Waals surface area contributed by atoms with Gasteiger partial charge in [-0.25, -0.2) is 4.98 Å². The molecule has 3 N–H and O–H groups in total. The number of aromatic nitrogens is 2. The molecule has 6 heteroatoms. The Bertz CT molecular complexity index is 1030. The molecule has 5 nitrogen and oxygen atoms in total. The molecule has 1 amide bonds. The minimum Gasteiger partial charge on any atom is -0.507 e. The molecule has 0 spiro atoms. The van der Waals surface area contributed by atoms with Crippen LogP contribution in [0.2, 0.25) is 0 Å². The lowest BCUT2D eigenvalue weighted by atomic mass is 10.1. The van der Waals surface area contributed by atoms with Crippen LogP contribution in [-0.4, -0.2) is 20.4 Å². The van der Waals surface area contributed by atoms with E-state index in [1.54, 1.807) is 23.5 Å². The number of hydrogen-bond donors (Lipinski definition) is 2. The van der Waals surface area contributed by atoms with Crippen molar-refractivity contribution in [2.45, 2.75) is 0 Å². The van der Waals surface area contributed by atoms with Crippen LogP contribution in [0.5, 0.6) is 5.75 Å². The monoisotopic (exact) mass is 309 g/mol. The molecule has 0 aliphatic carbocycles. The smallest absolute Gasteiger partial charge is 0.252 e. The van der Waals surface area contributed by atoms with E-state index in [1.165, 1.54) is 10.8 Å². The van der Waals surface area contributed by atoms with Crippen molar-refractivity contribution in [1.29, 1.82) is 0 Å². The molecule has 2 aromatic carbocycles. The molecule has 0 unspecified atom stereocenters. The van der Waals surface area contributed by atoms with Gasteiger partial charge in [0.05, 0.1) is 21.5 Å². The lowest BCUT2D eigenvalue weighted by Gasteiger charge is -2.02. The van der Waals surface area contributed by atoms with Gasteiger partial charge in [-0.2, -0.15) is 0 Å². The van der Waals surface area contributed by atoms with Gasteiger partial charge in [0, 0.05) is 11.8 Å². The third-order valence-corrected chi connectivity index (χ3v) is 4.59. The zero-order valence-electron chi connectivity index (χ0n) is 11.4. The zero-order chi connectivity index (χ0) is 15.3. The van der Waals surface area contributed by atoms with Gasteiger partial charge in [-0.3, -0.25) is 9.20 Å². The van der Waals surface area contributed by atoms with E-state index in [0.29, 0.717) is 0 Å². The highest BCUT2D eigenvalue weighted by atomic mass is 32.1. The van der Waals surface area contributed by atoms with Crippen molar-refractivity contribution in [2.24, 2.45) is 5.73 Å². The van der Waals surface area contributed by atoms with Gasteiger partial charge >= 0.3 is 0 Å². The molecule has 0 aliphatic rings. The highest BCUT2D eigenvalue weighted by molar-refractivity contribution is 7.23. The number of carbonyl (C=O) groups is 1. The standard InChI is InChI=1S/C16H11N3O2S/c17-15(21)10-7-9(5-6-13(10)20)11-8-19-12-3-1-2-4-14(12)22-16(19)18-11/h1-8,20H,(H2,17,21). The number of nitrogens with two attached hydrogens (primary N) is 1. The van der Waals surface area contributed by atoms with Crippen LogP contribution >= 0.6 is 11.3 Å². The Balaban J connectivity index is 1.91. The number of carbonyl (C=O) groups excluding carboxylic acids is 1. The third-order valence-electron chi connectivity index (χ3n) is 3.56. The summed E-state index contributed by atoms with van der Waals surface area (Å²) in [5.74, 6) is -0.784. The van der Waals surface area contributed by atoms with Crippen LogP contribution in [0.25, 0.3) is 26.4 Å². The summed E-state index contributed by atoms with van der Waals surface area (Å²) in [6.07, 6.45) is 1.92. The molecule has 0 saturated heterocycles. The van der Waals surface area contributed by atoms with Crippen molar-refractivity contribution in [2.75, 3.05) is 0 Å². The van der Waals surface area contributed by atoms with Gasteiger partial charge in [-0.15, -0.1) is 0 Å². The fourth-order valence-corrected chi connectivity index (χ4v) is 3.49. The number of nitrogens with zero attached hydrogens (tertiary/aromatic N) is 2. The number of thiazole rings is 1. The number of rotatable bonds is 2. The number of hydrogen-bond acceptors (Lipinski definition) is 4. The van der Waals surface area contributed by atoms with Crippen LogP contribution in [0, 0.1) is 0 Å². The molecule has 0 aliphatic heterocycles. The molecule has 2 aromatic heterocycles. The Labute approximate surface area is 129 Å². The molecule has 0 radical (unpaired) electrons. The lowest BCUT2D eigenvalue weighted by Crippen LogP contribution is -2.11. The highest BCUT2D eigenvalue weighted by Crippen LogP contribution is 2.30. The Morgan fingerprint density at radius 1 is 1.23 bits per heavy atom. The minimum absolute atomic E-state index is 0.0960. The summed E-state index contributed by atoms with van der Waals surface area (Å²) in [6, 6.07) is 12.8. The summed E-state index contributed by atoms with van der Waals surface area (Å²) in [4.78, 5) is 16.8. The predicted molar refractivity (Wildman–Crippen MR) is 86.2 cm³/mol. The van der Waals surface area contributed by atoms with Gasteiger partial charge in [-0.1, -0.05) is 23.5 Å². The van der Waals surface area contributed by atoms with E-state index in [4.69, 9.17) is 5.73 Å². The summed E-state index contributed by atoms with van der Waals surface area (Å²) in [5.41, 5.74) is 7.94. The molecule has 2 heterocycles. The Hall–Kier alpha value is -2.86. The molecule has 22 heavy (non-hydrogen) atoms. The Morgan fingerprint density at radius 2 is 2.05 bits per heavy atom. The first-order valence-electron chi connectivity index (χ1n) is 6.63. The molecule has 108 valence electrons. The summed E-state index contributed by atoms with van der Waals surface area (Å²) in [6.45, 7) is 0. The first-order chi connectivity index (χ1) is 10.6. The topological polar surface area (TPSA) is 80.6 Å². The molecular weight excluding hydrogens is 298 g/mol. The molecule has 0 fully saturated rings. The Morgan fingerprint density at radius 3 is 2.86 bits per heavy atom. The largest absolute Gasteiger partial charge is 0.507 e. The molecule has 0 atom stereocenters. The van der Waals surface area contributed by atoms with Gasteiger partial charge < -0.3 is 10.8 Å². The van der Waals surface area contributed by atoms with Gasteiger partial charge in [0.25, 0.3) is 5.91 Å². The second-order valence-electron chi connectivity index (χ2n) is 4.94. The summed E-state index contributed by atoms with van der Waals surface area (Å²) in [7, 11) is 0. The van der Waals surface area contributed by atoms with Gasteiger partial charge in [0.1, 0.15) is 5.75 Å². The van der Waals surface area contributed by atoms with E-state index in [9.17, 15) is 9.90 Å². The number of fused-ring (bicyclic) bond motifs is 3. The number of benzene rings is 2. The van der Waals surface area contributed by atoms with Crippen molar-refractivity contribution in [3.8, 4) is 17.0 Å². The van der Waals surface area contributed by atoms with E-state index in [2.05, 4.69) is 11.1 Å². The average molecular weight is 309 g/mol. The van der Waals surface area contributed by atoms with Crippen LogP contribution in [0.1, 0.15) is 10.4 Å². The lowest BCUT2D eigenvalue weighted by molar-refractivity contribution is 0.0998. The predicted octanol–water partition coefficient (Wildman–Crippen LogP) is 3.02. The van der Waals surface area contributed by atoms with Crippen LogP contribution in [0.4, 0.5) is 0 Å². The normalized spacial score (nSPS) is 11.3. The quantitative estimate of drug-likeness (QED) is 0.597. The molecule has 0 saturated carbocycles. The second-order valence-corrected chi connectivity index (χ2v) is 5.95. The van der Waals surface area contributed by atoms with Crippen molar-refractivity contribution in [1.82, 2.24) is 9.38 Å². The number of aromatic hydroxyl groups is 1. The number of amides is 1. The maximum absolute atomic E-state index is 11.3. The first-order valence-corrected chi connectivity index (χ1v) is 7.45. The van der Waals surface area contributed by atoms with Crippen LogP contribution in [0.15, 0.2) is 48.7 Å². The van der Waals surface area contributed by atoms with Gasteiger partial charge in [0.2, 0.25) is 0 Å². The molecule has 4 rings (SSSR count). The van der Waals surface area contributed by atoms with Crippen molar-refractivity contribution in [3.63, 3.8) is 0 Å². The Kier molecular flexibility index (Phi) is 2.67. The van der Waals surface area contributed by atoms with Gasteiger partial charge in [0.15, 0.2) is 4.96 Å². The zero-order valence-corrected chi connectivity index (χ0v) is 12.2. The maximum atomic E-state index is 11.3. The van der Waals surface area contributed by atoms with Crippen molar-refractivity contribution in [3.05, 3.63) is 54.2 Å². The summed E-state index contributed by atoms with van der Waals surface area (Å²) >= 11 is 1.60. The molecule has 4 aromatic rings. The van der Waals surface area contributed by atoms with Crippen LogP contribution in [0.3, 0.4) is 0 Å². The van der Waals surface area contributed by atoms with E-state index in [-0.39, 0.29) is 11.3 Å². The minimum atomic E-state index is -0.661. The summed E-state index contributed by atoms with van der Waals surface area (Å²) in [5, 5.41) is 9.67. The third kappa shape index (κ3) is 1.85. The van der Waals surface area contributed by atoms with E-state index in [1.807, 2.05) is 28.8 Å². The fraction of sp³-hybridized carbons (Fsp3) is 0. The highest BCUT2D eigenvalue weighted by Gasteiger charge is 2.13. The number of para-hydroxylation sites is 1. The first kappa shape index (κ1) is 12.8. The van der Waals surface area contributed by atoms with Crippen molar-refractivity contribution >= 4 is 32.4 Å². The number of primary amides is 1.